The molecule has 126 valence electrons. The quantitative estimate of drug-likeness (QED) is 0.216. The second-order valence-corrected chi connectivity index (χ2v) is 5.43. The number of nitrogens with zero attached hydrogens (tertiary/aromatic N) is 1. The van der Waals surface area contributed by atoms with Gasteiger partial charge in [0.2, 0.25) is 0 Å². The normalized spacial score (nSPS) is 11.5. The highest BCUT2D eigenvalue weighted by atomic mass is 19.3. The molecule has 0 spiro atoms. The Hall–Kier alpha value is -3.07. The van der Waals surface area contributed by atoms with Gasteiger partial charge < -0.3 is 21.6 Å². The minimum atomic E-state index is -3.02. The topological polar surface area (TPSA) is 134 Å². The van der Waals surface area contributed by atoms with Crippen molar-refractivity contribution in [2.24, 2.45) is 11.6 Å². The van der Waals surface area contributed by atoms with E-state index in [0.29, 0.717) is 16.3 Å². The average molecular weight is 335 g/mol. The molecule has 0 aliphatic heterocycles. The lowest BCUT2D eigenvalue weighted by molar-refractivity contribution is 0.100. The number of hydrazine groups is 1. The Labute approximate surface area is 134 Å². The standard InChI is InChI=1S/C15H15F2N5O2/c1-5-2-3-8(23)13-9(5)10-11(18)7(22(20)15(16)17)4-6(14(19)24)12(10)21-13/h2-4,15,21,23H,18,20H2,1H3,(H2,19,24). The van der Waals surface area contributed by atoms with Crippen LogP contribution in [0.2, 0.25) is 0 Å². The number of H-pyrrole nitrogens is 1. The molecular formula is C15H15F2N5O2. The lowest BCUT2D eigenvalue weighted by atomic mass is 10.0. The van der Waals surface area contributed by atoms with Crippen molar-refractivity contribution in [3.8, 4) is 5.75 Å². The number of alkyl halides is 2. The van der Waals surface area contributed by atoms with Gasteiger partial charge in [-0.1, -0.05) is 6.07 Å². The van der Waals surface area contributed by atoms with Crippen molar-refractivity contribution in [2.45, 2.75) is 13.5 Å². The van der Waals surface area contributed by atoms with Crippen LogP contribution in [0.5, 0.6) is 5.75 Å². The number of aromatic nitrogens is 1. The van der Waals surface area contributed by atoms with E-state index in [4.69, 9.17) is 17.3 Å². The van der Waals surface area contributed by atoms with Gasteiger partial charge in [-0.15, -0.1) is 0 Å². The summed E-state index contributed by atoms with van der Waals surface area (Å²) in [5, 5.41) is 11.0. The number of amides is 1. The van der Waals surface area contributed by atoms with E-state index < -0.39 is 12.5 Å². The summed E-state index contributed by atoms with van der Waals surface area (Å²) in [4.78, 5) is 14.7. The summed E-state index contributed by atoms with van der Waals surface area (Å²) in [6.45, 7) is -1.26. The van der Waals surface area contributed by atoms with Gasteiger partial charge in [-0.05, 0) is 24.6 Å². The highest BCUT2D eigenvalue weighted by molar-refractivity contribution is 6.22. The van der Waals surface area contributed by atoms with Crippen LogP contribution in [-0.4, -0.2) is 22.5 Å². The fraction of sp³-hybridized carbons (Fsp3) is 0.133. The summed E-state index contributed by atoms with van der Waals surface area (Å²) in [5.41, 5.74) is 12.4. The maximum Gasteiger partial charge on any atom is 0.328 e. The van der Waals surface area contributed by atoms with Crippen LogP contribution >= 0.6 is 0 Å². The Morgan fingerprint density at radius 3 is 2.54 bits per heavy atom. The van der Waals surface area contributed by atoms with Crippen molar-refractivity contribution in [1.29, 1.82) is 0 Å². The molecule has 7 nitrogen and oxygen atoms in total. The van der Waals surface area contributed by atoms with Crippen molar-refractivity contribution in [3.63, 3.8) is 0 Å². The molecule has 24 heavy (non-hydrogen) atoms. The van der Waals surface area contributed by atoms with E-state index in [0.717, 1.165) is 11.6 Å². The molecule has 1 heterocycles. The maximum absolute atomic E-state index is 13.0. The highest BCUT2D eigenvalue weighted by Gasteiger charge is 2.24. The molecule has 0 aliphatic carbocycles. The summed E-state index contributed by atoms with van der Waals surface area (Å²) >= 11 is 0. The Morgan fingerprint density at radius 2 is 1.96 bits per heavy atom. The molecule has 2 aromatic carbocycles. The number of aromatic hydroxyl groups is 1. The van der Waals surface area contributed by atoms with E-state index in [1.54, 1.807) is 13.0 Å². The fourth-order valence-electron chi connectivity index (χ4n) is 2.86. The molecule has 0 atom stereocenters. The van der Waals surface area contributed by atoms with Crippen LogP contribution in [-0.2, 0) is 0 Å². The van der Waals surface area contributed by atoms with Crippen LogP contribution in [0.4, 0.5) is 20.2 Å². The van der Waals surface area contributed by atoms with Crippen LogP contribution in [0.15, 0.2) is 18.2 Å². The SMILES string of the molecule is Cc1ccc(O)c2[nH]c3c(C(N)=O)cc(N(N)C(F)F)c(N)c3c12. The van der Waals surface area contributed by atoms with Crippen LogP contribution in [0.1, 0.15) is 15.9 Å². The Balaban J connectivity index is 2.56. The molecule has 0 saturated carbocycles. The molecule has 0 radical (unpaired) electrons. The van der Waals surface area contributed by atoms with Crippen molar-refractivity contribution < 1.29 is 18.7 Å². The molecule has 3 rings (SSSR count). The number of phenols is 1. The van der Waals surface area contributed by atoms with E-state index in [2.05, 4.69) is 4.98 Å². The second kappa shape index (κ2) is 5.24. The van der Waals surface area contributed by atoms with Crippen molar-refractivity contribution in [2.75, 3.05) is 10.7 Å². The zero-order valence-electron chi connectivity index (χ0n) is 12.6. The van der Waals surface area contributed by atoms with Gasteiger partial charge in [0.15, 0.2) is 0 Å². The lowest BCUT2D eigenvalue weighted by Gasteiger charge is -2.20. The largest absolute Gasteiger partial charge is 0.506 e. The molecule has 0 unspecified atom stereocenters. The van der Waals surface area contributed by atoms with Gasteiger partial charge in [0.1, 0.15) is 5.75 Å². The van der Waals surface area contributed by atoms with Crippen LogP contribution in [0.25, 0.3) is 21.8 Å². The predicted octanol–water partition coefficient (Wildman–Crippen LogP) is 1.92. The third-order valence-corrected chi connectivity index (χ3v) is 3.99. The van der Waals surface area contributed by atoms with Gasteiger partial charge in [-0.2, -0.15) is 8.78 Å². The van der Waals surface area contributed by atoms with Crippen molar-refractivity contribution >= 4 is 39.1 Å². The van der Waals surface area contributed by atoms with E-state index in [9.17, 15) is 18.7 Å². The second-order valence-electron chi connectivity index (χ2n) is 5.43. The number of carbonyl (C=O) groups excluding carboxylic acids is 1. The Morgan fingerprint density at radius 1 is 1.29 bits per heavy atom. The molecule has 9 heteroatoms. The van der Waals surface area contributed by atoms with Gasteiger partial charge in [0.25, 0.3) is 5.91 Å². The number of hydrogen-bond donors (Lipinski definition) is 5. The minimum Gasteiger partial charge on any atom is -0.506 e. The van der Waals surface area contributed by atoms with Crippen LogP contribution < -0.4 is 22.3 Å². The van der Waals surface area contributed by atoms with Crippen LogP contribution in [0, 0.1) is 6.92 Å². The van der Waals surface area contributed by atoms with Gasteiger partial charge >= 0.3 is 6.55 Å². The number of nitrogen functional groups attached to an aromatic ring is 1. The van der Waals surface area contributed by atoms with Crippen LogP contribution in [0.3, 0.4) is 0 Å². The molecule has 1 aromatic heterocycles. The number of nitrogens with one attached hydrogen (secondary N) is 1. The molecule has 0 saturated heterocycles. The molecule has 0 bridgehead atoms. The van der Waals surface area contributed by atoms with Crippen molar-refractivity contribution in [1.82, 2.24) is 4.98 Å². The first-order valence-electron chi connectivity index (χ1n) is 6.92. The number of hydrogen-bond acceptors (Lipinski definition) is 5. The Kier molecular flexibility index (Phi) is 3.45. The molecule has 8 N–H and O–H groups in total. The summed E-state index contributed by atoms with van der Waals surface area (Å²) in [6.07, 6.45) is 0. The number of carbonyl (C=O) groups is 1. The molecular weight excluding hydrogens is 320 g/mol. The number of primary amides is 1. The van der Waals surface area contributed by atoms with Gasteiger partial charge in [-0.3, -0.25) is 4.79 Å². The molecule has 1 amide bonds. The summed E-state index contributed by atoms with van der Waals surface area (Å²) in [6, 6.07) is 4.23. The van der Waals surface area contributed by atoms with Crippen molar-refractivity contribution in [3.05, 3.63) is 29.3 Å². The van der Waals surface area contributed by atoms with E-state index in [1.165, 1.54) is 6.07 Å². The minimum absolute atomic E-state index is 0.0437. The monoisotopic (exact) mass is 335 g/mol. The number of aryl methyl sites for hydroxylation is 1. The Bertz CT molecular complexity index is 983. The number of halogens is 2. The lowest BCUT2D eigenvalue weighted by Crippen LogP contribution is -2.36. The fourth-order valence-corrected chi connectivity index (χ4v) is 2.86. The average Bonchev–Trinajstić information content (AvgIpc) is 2.92. The number of fused-ring (bicyclic) bond motifs is 3. The predicted molar refractivity (Wildman–Crippen MR) is 87.8 cm³/mol. The van der Waals surface area contributed by atoms with Gasteiger partial charge in [0.05, 0.1) is 28.0 Å². The third-order valence-electron chi connectivity index (χ3n) is 3.99. The van der Waals surface area contributed by atoms with E-state index in [-0.39, 0.29) is 33.2 Å². The molecule has 3 aromatic rings. The van der Waals surface area contributed by atoms with E-state index in [1.807, 2.05) is 0 Å². The first-order chi connectivity index (χ1) is 11.2. The first-order valence-corrected chi connectivity index (χ1v) is 6.92. The first kappa shape index (κ1) is 15.8. The molecule has 0 aliphatic rings. The number of aromatic amines is 1. The number of rotatable bonds is 3. The number of nitrogens with two attached hydrogens (primary N) is 3. The summed E-state index contributed by atoms with van der Waals surface area (Å²) < 4.78 is 26.0. The maximum atomic E-state index is 13.0. The van der Waals surface area contributed by atoms with Gasteiger partial charge in [-0.25, -0.2) is 10.9 Å². The number of benzene rings is 2. The zero-order valence-corrected chi connectivity index (χ0v) is 12.6. The summed E-state index contributed by atoms with van der Waals surface area (Å²) in [7, 11) is 0. The molecule has 0 fully saturated rings. The van der Waals surface area contributed by atoms with E-state index >= 15 is 0 Å². The highest BCUT2D eigenvalue weighted by Crippen LogP contribution is 2.42. The zero-order chi connectivity index (χ0) is 17.8. The summed E-state index contributed by atoms with van der Waals surface area (Å²) in [5.74, 6) is 4.46. The number of anilines is 2. The van der Waals surface area contributed by atoms with Gasteiger partial charge in [0, 0.05) is 10.8 Å². The number of phenolic OH excluding ortho intramolecular Hbond substituents is 1. The third kappa shape index (κ3) is 2.09. The smallest absolute Gasteiger partial charge is 0.328 e.